The Labute approximate surface area is 118 Å². The summed E-state index contributed by atoms with van der Waals surface area (Å²) in [6.45, 7) is 5.06. The molecule has 0 spiro atoms. The molecule has 1 heterocycles. The van der Waals surface area contributed by atoms with Crippen LogP contribution in [0.2, 0.25) is 0 Å². The molecule has 1 saturated heterocycles. The first-order valence-corrected chi connectivity index (χ1v) is 6.93. The summed E-state index contributed by atoms with van der Waals surface area (Å²) in [6.07, 6.45) is 1.01. The van der Waals surface area contributed by atoms with Gasteiger partial charge in [0.15, 0.2) is 0 Å². The molecule has 20 heavy (non-hydrogen) atoms. The van der Waals surface area contributed by atoms with Crippen molar-refractivity contribution in [3.8, 4) is 0 Å². The first-order chi connectivity index (χ1) is 9.61. The summed E-state index contributed by atoms with van der Waals surface area (Å²) in [5.41, 5.74) is 1.17. The summed E-state index contributed by atoms with van der Waals surface area (Å²) < 4.78 is 4.91. The largest absolute Gasteiger partial charge is 0.462 e. The molecule has 0 aliphatic carbocycles. The lowest BCUT2D eigenvalue weighted by molar-refractivity contribution is -0.118. The van der Waals surface area contributed by atoms with E-state index in [1.54, 1.807) is 31.2 Å². The molecule has 0 bridgehead atoms. The van der Waals surface area contributed by atoms with Gasteiger partial charge in [0.2, 0.25) is 5.91 Å². The Balaban J connectivity index is 1.96. The monoisotopic (exact) mass is 276 g/mol. The van der Waals surface area contributed by atoms with Gasteiger partial charge in [-0.15, -0.1) is 0 Å². The third-order valence-electron chi connectivity index (χ3n) is 3.48. The molecule has 0 saturated carbocycles. The van der Waals surface area contributed by atoms with E-state index in [1.807, 2.05) is 0 Å². The molecule has 1 amide bonds. The molecule has 1 aromatic rings. The zero-order chi connectivity index (χ0) is 14.5. The Hall–Kier alpha value is -1.88. The summed E-state index contributed by atoms with van der Waals surface area (Å²) >= 11 is 0. The summed E-state index contributed by atoms with van der Waals surface area (Å²) in [6, 6.07) is 6.59. The van der Waals surface area contributed by atoms with Crippen LogP contribution in [0.1, 0.15) is 30.6 Å². The van der Waals surface area contributed by atoms with Crippen LogP contribution >= 0.6 is 0 Å². The van der Waals surface area contributed by atoms with Crippen molar-refractivity contribution >= 4 is 17.6 Å². The van der Waals surface area contributed by atoms with Crippen molar-refractivity contribution < 1.29 is 14.3 Å². The number of carbonyl (C=O) groups is 2. The van der Waals surface area contributed by atoms with E-state index in [2.05, 4.69) is 17.6 Å². The third kappa shape index (κ3) is 3.36. The lowest BCUT2D eigenvalue weighted by Gasteiger charge is -2.15. The number of benzene rings is 1. The summed E-state index contributed by atoms with van der Waals surface area (Å²) in [4.78, 5) is 23.6. The minimum atomic E-state index is -0.351. The number of hydrogen-bond donors (Lipinski definition) is 2. The molecule has 1 aromatic carbocycles. The van der Waals surface area contributed by atoms with E-state index in [-0.39, 0.29) is 17.9 Å². The molecule has 5 heteroatoms. The quantitative estimate of drug-likeness (QED) is 0.823. The van der Waals surface area contributed by atoms with Crippen LogP contribution in [0.5, 0.6) is 0 Å². The van der Waals surface area contributed by atoms with Crippen molar-refractivity contribution in [2.24, 2.45) is 5.92 Å². The number of rotatable bonds is 4. The van der Waals surface area contributed by atoms with Gasteiger partial charge in [-0.3, -0.25) is 4.79 Å². The fourth-order valence-electron chi connectivity index (χ4n) is 2.31. The molecule has 2 unspecified atom stereocenters. The van der Waals surface area contributed by atoms with Gasteiger partial charge in [0.1, 0.15) is 0 Å². The van der Waals surface area contributed by atoms with E-state index in [0.717, 1.165) is 13.0 Å². The van der Waals surface area contributed by atoms with E-state index < -0.39 is 0 Å². The van der Waals surface area contributed by atoms with E-state index in [9.17, 15) is 9.59 Å². The van der Waals surface area contributed by atoms with E-state index in [4.69, 9.17) is 4.74 Å². The fraction of sp³-hybridized carbons (Fsp3) is 0.467. The van der Waals surface area contributed by atoms with Crippen molar-refractivity contribution in [3.63, 3.8) is 0 Å². The number of esters is 1. The molecular weight excluding hydrogens is 256 g/mol. The molecule has 1 fully saturated rings. The number of nitrogens with one attached hydrogen (secondary N) is 2. The van der Waals surface area contributed by atoms with Gasteiger partial charge in [0, 0.05) is 5.69 Å². The number of amides is 1. The topological polar surface area (TPSA) is 67.4 Å². The zero-order valence-electron chi connectivity index (χ0n) is 11.8. The highest BCUT2D eigenvalue weighted by molar-refractivity contribution is 5.96. The van der Waals surface area contributed by atoms with Gasteiger partial charge >= 0.3 is 5.97 Å². The number of carbonyl (C=O) groups excluding carboxylic acids is 2. The van der Waals surface area contributed by atoms with Crippen LogP contribution in [0.4, 0.5) is 5.69 Å². The van der Waals surface area contributed by atoms with Crippen LogP contribution in [0.3, 0.4) is 0 Å². The van der Waals surface area contributed by atoms with Crippen molar-refractivity contribution in [1.82, 2.24) is 5.32 Å². The van der Waals surface area contributed by atoms with Crippen LogP contribution in [-0.4, -0.2) is 31.1 Å². The van der Waals surface area contributed by atoms with Gasteiger partial charge in [-0.2, -0.15) is 0 Å². The highest BCUT2D eigenvalue weighted by Crippen LogP contribution is 2.17. The molecule has 108 valence electrons. The predicted molar refractivity (Wildman–Crippen MR) is 76.6 cm³/mol. The summed E-state index contributed by atoms with van der Waals surface area (Å²) in [7, 11) is 0. The fourth-order valence-corrected chi connectivity index (χ4v) is 2.31. The second-order valence-corrected chi connectivity index (χ2v) is 4.98. The Morgan fingerprint density at radius 2 is 2.05 bits per heavy atom. The molecule has 0 radical (unpaired) electrons. The highest BCUT2D eigenvalue weighted by Gasteiger charge is 2.29. The summed E-state index contributed by atoms with van der Waals surface area (Å²) in [5, 5.41) is 6.05. The van der Waals surface area contributed by atoms with Gasteiger partial charge in [-0.25, -0.2) is 4.79 Å². The average molecular weight is 276 g/mol. The van der Waals surface area contributed by atoms with Crippen molar-refractivity contribution in [1.29, 1.82) is 0 Å². The van der Waals surface area contributed by atoms with Crippen LogP contribution in [-0.2, 0) is 9.53 Å². The average Bonchev–Trinajstić information content (AvgIpc) is 2.86. The maximum atomic E-state index is 12.1. The third-order valence-corrected chi connectivity index (χ3v) is 3.48. The van der Waals surface area contributed by atoms with Crippen molar-refractivity contribution in [2.75, 3.05) is 18.5 Å². The van der Waals surface area contributed by atoms with E-state index >= 15 is 0 Å². The Morgan fingerprint density at radius 1 is 1.35 bits per heavy atom. The Kier molecular flexibility index (Phi) is 4.74. The minimum absolute atomic E-state index is 0.0288. The molecular formula is C15H20N2O3. The molecule has 1 aliphatic heterocycles. The Bertz CT molecular complexity index is 484. The van der Waals surface area contributed by atoms with E-state index in [1.165, 1.54) is 0 Å². The van der Waals surface area contributed by atoms with Crippen molar-refractivity contribution in [3.05, 3.63) is 29.8 Å². The standard InChI is InChI=1S/C15H20N2O3/c1-3-20-15(19)11-4-6-12(7-5-11)17-14(18)13-10(2)8-9-16-13/h4-7,10,13,16H,3,8-9H2,1-2H3,(H,17,18). The van der Waals surface area contributed by atoms with Crippen LogP contribution in [0.25, 0.3) is 0 Å². The molecule has 5 nitrogen and oxygen atoms in total. The smallest absolute Gasteiger partial charge is 0.338 e. The lowest BCUT2D eigenvalue weighted by atomic mass is 10.0. The first kappa shape index (κ1) is 14.5. The van der Waals surface area contributed by atoms with Crippen molar-refractivity contribution in [2.45, 2.75) is 26.3 Å². The van der Waals surface area contributed by atoms with Crippen LogP contribution in [0, 0.1) is 5.92 Å². The molecule has 1 aliphatic rings. The van der Waals surface area contributed by atoms with Gasteiger partial charge < -0.3 is 15.4 Å². The minimum Gasteiger partial charge on any atom is -0.462 e. The van der Waals surface area contributed by atoms with E-state index in [0.29, 0.717) is 23.8 Å². The maximum absolute atomic E-state index is 12.1. The van der Waals surface area contributed by atoms with Gasteiger partial charge in [0.25, 0.3) is 0 Å². The summed E-state index contributed by atoms with van der Waals surface area (Å²) in [5.74, 6) is -0.0378. The SMILES string of the molecule is CCOC(=O)c1ccc(NC(=O)C2NCCC2C)cc1. The van der Waals surface area contributed by atoms with Gasteiger partial charge in [-0.05, 0) is 50.1 Å². The Morgan fingerprint density at radius 3 is 2.60 bits per heavy atom. The number of ether oxygens (including phenoxy) is 1. The highest BCUT2D eigenvalue weighted by atomic mass is 16.5. The molecule has 0 aromatic heterocycles. The molecule has 2 N–H and O–H groups in total. The lowest BCUT2D eigenvalue weighted by Crippen LogP contribution is -2.39. The second-order valence-electron chi connectivity index (χ2n) is 4.98. The molecule has 2 atom stereocenters. The van der Waals surface area contributed by atoms with Crippen LogP contribution < -0.4 is 10.6 Å². The van der Waals surface area contributed by atoms with Gasteiger partial charge in [0.05, 0.1) is 18.2 Å². The number of hydrogen-bond acceptors (Lipinski definition) is 4. The van der Waals surface area contributed by atoms with Crippen LogP contribution in [0.15, 0.2) is 24.3 Å². The molecule has 2 rings (SSSR count). The first-order valence-electron chi connectivity index (χ1n) is 6.93. The second kappa shape index (κ2) is 6.52. The number of anilines is 1. The van der Waals surface area contributed by atoms with Gasteiger partial charge in [-0.1, -0.05) is 6.92 Å². The normalized spacial score (nSPS) is 21.5. The predicted octanol–water partition coefficient (Wildman–Crippen LogP) is 1.80. The zero-order valence-corrected chi connectivity index (χ0v) is 11.8. The maximum Gasteiger partial charge on any atom is 0.338 e.